The molecule has 7 heteroatoms. The Labute approximate surface area is 111 Å². The summed E-state index contributed by atoms with van der Waals surface area (Å²) in [4.78, 5) is 10.2. The van der Waals surface area contributed by atoms with Gasteiger partial charge in [0.1, 0.15) is 11.5 Å². The molecule has 0 N–H and O–H groups in total. The molecular weight excluding hydrogens is 254 g/mol. The third-order valence-electron chi connectivity index (χ3n) is 2.54. The fourth-order valence-electron chi connectivity index (χ4n) is 1.59. The SMILES string of the molecule is Cc1c(Cl)nc2ncnn2c1OCCCN(C)C. The summed E-state index contributed by atoms with van der Waals surface area (Å²) in [6.07, 6.45) is 2.37. The number of hydrogen-bond acceptors (Lipinski definition) is 5. The summed E-state index contributed by atoms with van der Waals surface area (Å²) in [6, 6.07) is 0. The van der Waals surface area contributed by atoms with Gasteiger partial charge in [-0.3, -0.25) is 0 Å². The molecule has 2 rings (SSSR count). The molecule has 0 aliphatic heterocycles. The van der Waals surface area contributed by atoms with Crippen LogP contribution in [-0.2, 0) is 0 Å². The number of aromatic nitrogens is 4. The molecule has 98 valence electrons. The smallest absolute Gasteiger partial charge is 0.256 e. The average Bonchev–Trinajstić information content (AvgIpc) is 2.76. The van der Waals surface area contributed by atoms with Crippen LogP contribution < -0.4 is 4.74 Å². The standard InChI is InChI=1S/C11H16ClN5O/c1-8-9(12)15-11-13-7-14-17(11)10(8)18-6-4-5-16(2)3/h7H,4-6H2,1-3H3. The van der Waals surface area contributed by atoms with E-state index in [4.69, 9.17) is 16.3 Å². The van der Waals surface area contributed by atoms with E-state index >= 15 is 0 Å². The molecule has 0 aliphatic rings. The molecule has 18 heavy (non-hydrogen) atoms. The van der Waals surface area contributed by atoms with Crippen molar-refractivity contribution >= 4 is 17.4 Å². The molecule has 6 nitrogen and oxygen atoms in total. The van der Waals surface area contributed by atoms with Crippen LogP contribution in [0.3, 0.4) is 0 Å². The van der Waals surface area contributed by atoms with E-state index in [2.05, 4.69) is 20.0 Å². The maximum Gasteiger partial charge on any atom is 0.256 e. The fraction of sp³-hybridized carbons (Fsp3) is 0.545. The Balaban J connectivity index is 2.16. The first kappa shape index (κ1) is 13.0. The first-order valence-corrected chi connectivity index (χ1v) is 6.10. The zero-order valence-corrected chi connectivity index (χ0v) is 11.5. The molecule has 0 atom stereocenters. The van der Waals surface area contributed by atoms with E-state index in [1.165, 1.54) is 6.33 Å². The lowest BCUT2D eigenvalue weighted by Gasteiger charge is -2.12. The van der Waals surface area contributed by atoms with Crippen molar-refractivity contribution in [2.75, 3.05) is 27.2 Å². The molecule has 0 aliphatic carbocycles. The molecule has 2 aromatic rings. The molecule has 0 bridgehead atoms. The first-order valence-electron chi connectivity index (χ1n) is 5.73. The number of hydrogen-bond donors (Lipinski definition) is 0. The molecule has 0 saturated carbocycles. The van der Waals surface area contributed by atoms with Gasteiger partial charge in [0.05, 0.1) is 6.61 Å². The molecule has 0 saturated heterocycles. The molecule has 0 spiro atoms. The van der Waals surface area contributed by atoms with E-state index in [0.717, 1.165) is 18.5 Å². The second kappa shape index (κ2) is 5.49. The first-order chi connectivity index (χ1) is 8.59. The molecule has 2 aromatic heterocycles. The quantitative estimate of drug-likeness (QED) is 0.607. The molecule has 0 aromatic carbocycles. The molecule has 2 heterocycles. The Hall–Kier alpha value is -1.40. The Morgan fingerprint density at radius 2 is 2.22 bits per heavy atom. The molecular formula is C11H16ClN5O. The Bertz CT molecular complexity index is 539. The van der Waals surface area contributed by atoms with Gasteiger partial charge < -0.3 is 9.64 Å². The second-order valence-corrected chi connectivity index (χ2v) is 4.67. The number of fused-ring (bicyclic) bond motifs is 1. The molecule has 0 amide bonds. The maximum absolute atomic E-state index is 6.03. The Kier molecular flexibility index (Phi) is 3.98. The largest absolute Gasteiger partial charge is 0.477 e. The molecule has 0 radical (unpaired) electrons. The van der Waals surface area contributed by atoms with E-state index in [1.807, 2.05) is 21.0 Å². The van der Waals surface area contributed by atoms with E-state index in [1.54, 1.807) is 4.52 Å². The van der Waals surface area contributed by atoms with E-state index < -0.39 is 0 Å². The van der Waals surface area contributed by atoms with Crippen molar-refractivity contribution in [2.45, 2.75) is 13.3 Å². The fourth-order valence-corrected chi connectivity index (χ4v) is 1.75. The van der Waals surface area contributed by atoms with Crippen molar-refractivity contribution < 1.29 is 4.74 Å². The number of ether oxygens (including phenoxy) is 1. The second-order valence-electron chi connectivity index (χ2n) is 4.31. The minimum atomic E-state index is 0.401. The van der Waals surface area contributed by atoms with Crippen LogP contribution in [-0.4, -0.2) is 51.7 Å². The number of rotatable bonds is 5. The highest BCUT2D eigenvalue weighted by atomic mass is 35.5. The third-order valence-corrected chi connectivity index (χ3v) is 2.91. The van der Waals surface area contributed by atoms with Crippen LogP contribution in [0.25, 0.3) is 5.78 Å². The summed E-state index contributed by atoms with van der Waals surface area (Å²) in [5.74, 6) is 1.06. The van der Waals surface area contributed by atoms with Gasteiger partial charge in [0.2, 0.25) is 5.88 Å². The lowest BCUT2D eigenvalue weighted by atomic mass is 10.3. The highest BCUT2D eigenvalue weighted by molar-refractivity contribution is 6.30. The van der Waals surface area contributed by atoms with E-state index in [-0.39, 0.29) is 0 Å². The Morgan fingerprint density at radius 3 is 2.94 bits per heavy atom. The van der Waals surface area contributed by atoms with Crippen LogP contribution in [0.1, 0.15) is 12.0 Å². The van der Waals surface area contributed by atoms with Gasteiger partial charge in [0.15, 0.2) is 0 Å². The van der Waals surface area contributed by atoms with Crippen LogP contribution in [0.15, 0.2) is 6.33 Å². The van der Waals surface area contributed by atoms with Gasteiger partial charge >= 0.3 is 0 Å². The van der Waals surface area contributed by atoms with Crippen molar-refractivity contribution in [3.63, 3.8) is 0 Å². The van der Waals surface area contributed by atoms with Crippen LogP contribution in [0, 0.1) is 6.92 Å². The monoisotopic (exact) mass is 269 g/mol. The predicted molar refractivity (Wildman–Crippen MR) is 69.2 cm³/mol. The van der Waals surface area contributed by atoms with Crippen LogP contribution in [0.4, 0.5) is 0 Å². The van der Waals surface area contributed by atoms with Crippen molar-refractivity contribution in [1.82, 2.24) is 24.5 Å². The lowest BCUT2D eigenvalue weighted by molar-refractivity contribution is 0.265. The number of nitrogens with zero attached hydrogens (tertiary/aromatic N) is 5. The van der Waals surface area contributed by atoms with Crippen LogP contribution >= 0.6 is 11.6 Å². The van der Waals surface area contributed by atoms with Gasteiger partial charge in [0, 0.05) is 12.1 Å². The van der Waals surface area contributed by atoms with Gasteiger partial charge in [-0.05, 0) is 27.4 Å². The van der Waals surface area contributed by atoms with Crippen LogP contribution in [0.5, 0.6) is 5.88 Å². The van der Waals surface area contributed by atoms with Gasteiger partial charge in [-0.15, -0.1) is 0 Å². The highest BCUT2D eigenvalue weighted by Gasteiger charge is 2.13. The summed E-state index contributed by atoms with van der Waals surface area (Å²) in [5, 5.41) is 4.48. The minimum Gasteiger partial charge on any atom is -0.477 e. The van der Waals surface area contributed by atoms with Crippen molar-refractivity contribution in [3.05, 3.63) is 17.0 Å². The van der Waals surface area contributed by atoms with Gasteiger partial charge in [0.25, 0.3) is 5.78 Å². The van der Waals surface area contributed by atoms with Gasteiger partial charge in [-0.1, -0.05) is 11.6 Å². The Morgan fingerprint density at radius 1 is 1.44 bits per heavy atom. The van der Waals surface area contributed by atoms with Crippen molar-refractivity contribution in [3.8, 4) is 5.88 Å². The predicted octanol–water partition coefficient (Wildman–Crippen LogP) is 1.42. The summed E-state index contributed by atoms with van der Waals surface area (Å²) >= 11 is 6.03. The minimum absolute atomic E-state index is 0.401. The molecule has 0 unspecified atom stereocenters. The van der Waals surface area contributed by atoms with Gasteiger partial charge in [-0.25, -0.2) is 0 Å². The van der Waals surface area contributed by atoms with Gasteiger partial charge in [-0.2, -0.15) is 19.6 Å². The molecule has 0 fully saturated rings. The third kappa shape index (κ3) is 2.70. The summed E-state index contributed by atoms with van der Waals surface area (Å²) < 4.78 is 7.32. The zero-order chi connectivity index (χ0) is 13.1. The van der Waals surface area contributed by atoms with E-state index in [0.29, 0.717) is 23.4 Å². The van der Waals surface area contributed by atoms with Crippen molar-refractivity contribution in [1.29, 1.82) is 0 Å². The normalized spacial score (nSPS) is 11.4. The summed E-state index contributed by atoms with van der Waals surface area (Å²) in [7, 11) is 4.06. The van der Waals surface area contributed by atoms with Crippen LogP contribution in [0.2, 0.25) is 5.15 Å². The van der Waals surface area contributed by atoms with E-state index in [9.17, 15) is 0 Å². The summed E-state index contributed by atoms with van der Waals surface area (Å²) in [6.45, 7) is 3.43. The lowest BCUT2D eigenvalue weighted by Crippen LogP contribution is -2.16. The number of halogens is 1. The topological polar surface area (TPSA) is 55.6 Å². The maximum atomic E-state index is 6.03. The summed E-state index contributed by atoms with van der Waals surface area (Å²) in [5.41, 5.74) is 0.777. The average molecular weight is 270 g/mol. The zero-order valence-electron chi connectivity index (χ0n) is 10.7. The highest BCUT2D eigenvalue weighted by Crippen LogP contribution is 2.24. The van der Waals surface area contributed by atoms with Crippen molar-refractivity contribution in [2.24, 2.45) is 0 Å².